The van der Waals surface area contributed by atoms with Gasteiger partial charge in [0.25, 0.3) is 0 Å². The van der Waals surface area contributed by atoms with E-state index in [1.807, 2.05) is 0 Å². The molecule has 0 spiro atoms. The highest BCUT2D eigenvalue weighted by molar-refractivity contribution is 7.89. The van der Waals surface area contributed by atoms with Crippen LogP contribution in [0.3, 0.4) is 0 Å². The molecule has 1 aliphatic rings. The molecule has 1 aliphatic heterocycles. The van der Waals surface area contributed by atoms with Crippen LogP contribution in [0.4, 0.5) is 0 Å². The van der Waals surface area contributed by atoms with Crippen molar-refractivity contribution in [1.82, 2.24) is 4.31 Å². The third-order valence-electron chi connectivity index (χ3n) is 2.73. The number of rotatable bonds is 2. The number of carbonyl (C=O) groups excluding carboxylic acids is 1. The molecule has 0 saturated carbocycles. The largest absolute Gasteiger partial charge is 0.298 e. The second-order valence-corrected chi connectivity index (χ2v) is 6.81. The van der Waals surface area contributed by atoms with Crippen molar-refractivity contribution in [3.05, 3.63) is 28.2 Å². The predicted octanol–water partition coefficient (Wildman–Crippen LogP) is 2.35. The van der Waals surface area contributed by atoms with Crippen LogP contribution in [0.2, 0.25) is 10.0 Å². The van der Waals surface area contributed by atoms with Gasteiger partial charge in [-0.3, -0.25) is 4.79 Å². The van der Waals surface area contributed by atoms with Crippen molar-refractivity contribution < 1.29 is 13.2 Å². The Morgan fingerprint density at radius 1 is 1.22 bits per heavy atom. The Kier molecular flexibility index (Phi) is 3.96. The molecule has 0 N–H and O–H groups in total. The fourth-order valence-electron chi connectivity index (χ4n) is 1.83. The van der Waals surface area contributed by atoms with Crippen molar-refractivity contribution in [2.75, 3.05) is 13.1 Å². The summed E-state index contributed by atoms with van der Waals surface area (Å²) in [6.45, 7) is 0.238. The lowest BCUT2D eigenvalue weighted by molar-refractivity contribution is -0.120. The number of Topliss-reactive ketones (excluding diaryl/α,β-unsaturated/α-hetero) is 1. The number of benzene rings is 1. The fraction of sp³-hybridized carbons (Fsp3) is 0.364. The van der Waals surface area contributed by atoms with Crippen LogP contribution in [-0.2, 0) is 14.8 Å². The number of carbonyl (C=O) groups is 1. The third-order valence-corrected chi connectivity index (χ3v) is 5.29. The van der Waals surface area contributed by atoms with Crippen molar-refractivity contribution in [3.8, 4) is 0 Å². The summed E-state index contributed by atoms with van der Waals surface area (Å²) in [5.41, 5.74) is 0. The molecule has 0 aliphatic carbocycles. The Hall–Kier alpha value is -0.620. The van der Waals surface area contributed by atoms with Crippen LogP contribution in [0.25, 0.3) is 0 Å². The van der Waals surface area contributed by atoms with Gasteiger partial charge in [0.15, 0.2) is 0 Å². The van der Waals surface area contributed by atoms with E-state index in [1.165, 1.54) is 18.2 Å². The SMILES string of the molecule is O=C1CCCN(S(=O)(=O)c2cc(Cl)ccc2Cl)C1. The summed E-state index contributed by atoms with van der Waals surface area (Å²) in [5.74, 6) is -0.0806. The third kappa shape index (κ3) is 2.69. The first kappa shape index (κ1) is 13.8. The minimum absolute atomic E-state index is 0.0497. The lowest BCUT2D eigenvalue weighted by atomic mass is 10.1. The molecule has 98 valence electrons. The second kappa shape index (κ2) is 5.17. The minimum Gasteiger partial charge on any atom is -0.298 e. The van der Waals surface area contributed by atoms with E-state index in [2.05, 4.69) is 0 Å². The van der Waals surface area contributed by atoms with Crippen LogP contribution in [0.5, 0.6) is 0 Å². The molecule has 1 aromatic carbocycles. The summed E-state index contributed by atoms with van der Waals surface area (Å²) in [5, 5.41) is 0.402. The Balaban J connectivity index is 2.41. The molecule has 18 heavy (non-hydrogen) atoms. The molecule has 1 fully saturated rings. The van der Waals surface area contributed by atoms with E-state index in [0.29, 0.717) is 24.4 Å². The van der Waals surface area contributed by atoms with Crippen molar-refractivity contribution in [1.29, 1.82) is 0 Å². The van der Waals surface area contributed by atoms with Crippen molar-refractivity contribution in [2.24, 2.45) is 0 Å². The molecule has 7 heteroatoms. The molecule has 2 rings (SSSR count). The highest BCUT2D eigenvalue weighted by Crippen LogP contribution is 2.28. The quantitative estimate of drug-likeness (QED) is 0.842. The van der Waals surface area contributed by atoms with E-state index in [-0.39, 0.29) is 22.2 Å². The molecule has 0 aromatic heterocycles. The summed E-state index contributed by atoms with van der Waals surface area (Å²) >= 11 is 11.7. The maximum Gasteiger partial charge on any atom is 0.245 e. The zero-order valence-electron chi connectivity index (χ0n) is 9.40. The smallest absolute Gasteiger partial charge is 0.245 e. The minimum atomic E-state index is -3.75. The number of piperidine rings is 1. The van der Waals surface area contributed by atoms with Gasteiger partial charge in [0.1, 0.15) is 10.7 Å². The highest BCUT2D eigenvalue weighted by Gasteiger charge is 2.30. The predicted molar refractivity (Wildman–Crippen MR) is 69.5 cm³/mol. The first-order chi connectivity index (χ1) is 8.41. The molecule has 0 amide bonds. The van der Waals surface area contributed by atoms with Gasteiger partial charge in [0, 0.05) is 18.0 Å². The summed E-state index contributed by atoms with van der Waals surface area (Å²) in [6, 6.07) is 4.26. The molecule has 1 saturated heterocycles. The number of hydrogen-bond acceptors (Lipinski definition) is 3. The summed E-state index contributed by atoms with van der Waals surface area (Å²) in [6.07, 6.45) is 0.964. The van der Waals surface area contributed by atoms with E-state index >= 15 is 0 Å². The van der Waals surface area contributed by atoms with Gasteiger partial charge in [-0.25, -0.2) is 8.42 Å². The van der Waals surface area contributed by atoms with E-state index in [0.717, 1.165) is 4.31 Å². The van der Waals surface area contributed by atoms with Crippen molar-refractivity contribution >= 4 is 39.0 Å². The lowest BCUT2D eigenvalue weighted by Gasteiger charge is -2.25. The Labute approximate surface area is 116 Å². The van der Waals surface area contributed by atoms with Gasteiger partial charge in [0.05, 0.1) is 11.6 Å². The van der Waals surface area contributed by atoms with Gasteiger partial charge >= 0.3 is 0 Å². The zero-order valence-corrected chi connectivity index (χ0v) is 11.7. The lowest BCUT2D eigenvalue weighted by Crippen LogP contribution is -2.40. The van der Waals surface area contributed by atoms with Crippen molar-refractivity contribution in [2.45, 2.75) is 17.7 Å². The molecule has 1 aromatic rings. The average Bonchev–Trinajstić information content (AvgIpc) is 2.32. The van der Waals surface area contributed by atoms with E-state index in [1.54, 1.807) is 0 Å². The highest BCUT2D eigenvalue weighted by atomic mass is 35.5. The maximum absolute atomic E-state index is 12.3. The Bertz CT molecular complexity index is 586. The zero-order chi connectivity index (χ0) is 13.3. The van der Waals surface area contributed by atoms with E-state index < -0.39 is 10.0 Å². The number of sulfonamides is 1. The topological polar surface area (TPSA) is 54.5 Å². The van der Waals surface area contributed by atoms with Crippen LogP contribution < -0.4 is 0 Å². The summed E-state index contributed by atoms with van der Waals surface area (Å²) in [7, 11) is -3.75. The van der Waals surface area contributed by atoms with E-state index in [4.69, 9.17) is 23.2 Å². The molecular weight excluding hydrogens is 297 g/mol. The molecule has 0 unspecified atom stereocenters. The van der Waals surface area contributed by atoms with Gasteiger partial charge in [-0.05, 0) is 24.6 Å². The van der Waals surface area contributed by atoms with Gasteiger partial charge in [-0.15, -0.1) is 0 Å². The monoisotopic (exact) mass is 307 g/mol. The molecule has 4 nitrogen and oxygen atoms in total. The van der Waals surface area contributed by atoms with Crippen LogP contribution in [0.15, 0.2) is 23.1 Å². The van der Waals surface area contributed by atoms with Crippen molar-refractivity contribution in [3.63, 3.8) is 0 Å². The standard InChI is InChI=1S/C11H11Cl2NO3S/c12-8-3-4-10(13)11(6-8)18(16,17)14-5-1-2-9(15)7-14/h3-4,6H,1-2,5,7H2. The number of hydrogen-bond donors (Lipinski definition) is 0. The summed E-state index contributed by atoms with van der Waals surface area (Å²) in [4.78, 5) is 11.3. The van der Waals surface area contributed by atoms with Crippen LogP contribution in [0.1, 0.15) is 12.8 Å². The first-order valence-electron chi connectivity index (χ1n) is 5.38. The Morgan fingerprint density at radius 2 is 1.94 bits per heavy atom. The van der Waals surface area contributed by atoms with Crippen LogP contribution >= 0.6 is 23.2 Å². The molecule has 0 atom stereocenters. The van der Waals surface area contributed by atoms with Gasteiger partial charge in [-0.2, -0.15) is 4.31 Å². The molecular formula is C11H11Cl2NO3S. The number of ketones is 1. The number of halogens is 2. The molecule has 1 heterocycles. The fourth-order valence-corrected chi connectivity index (χ4v) is 4.03. The average molecular weight is 308 g/mol. The summed E-state index contributed by atoms with van der Waals surface area (Å²) < 4.78 is 25.8. The normalized spacial score (nSPS) is 18.0. The van der Waals surface area contributed by atoms with Crippen LogP contribution in [-0.4, -0.2) is 31.6 Å². The maximum atomic E-state index is 12.3. The van der Waals surface area contributed by atoms with E-state index in [9.17, 15) is 13.2 Å². The van der Waals surface area contributed by atoms with Gasteiger partial charge < -0.3 is 0 Å². The van der Waals surface area contributed by atoms with Crippen LogP contribution in [0, 0.1) is 0 Å². The van der Waals surface area contributed by atoms with Gasteiger partial charge in [-0.1, -0.05) is 23.2 Å². The second-order valence-electron chi connectivity index (χ2n) is 4.06. The van der Waals surface area contributed by atoms with Gasteiger partial charge in [0.2, 0.25) is 10.0 Å². The molecule has 0 bridgehead atoms. The Morgan fingerprint density at radius 3 is 2.61 bits per heavy atom. The number of nitrogens with zero attached hydrogens (tertiary/aromatic N) is 1. The first-order valence-corrected chi connectivity index (χ1v) is 7.58. The molecule has 0 radical (unpaired) electrons.